The van der Waals surface area contributed by atoms with Crippen LogP contribution in [-0.4, -0.2) is 46.5 Å². The minimum absolute atomic E-state index is 0.0337. The molecule has 0 saturated carbocycles. The standard InChI is InChI=1S/C12H13BrFN5O2S.C3H9N/c1-22-5-4-15-11-10(18-21-19-11)12(17-20)16-7-2-3-9(14)8(13)6-7;1-2-3-4/h2-3,6,20H,4-5H2,1H3,(H,15,19)(H,16,17);2-4H2,1H3. The van der Waals surface area contributed by atoms with Gasteiger partial charge in [0.2, 0.25) is 5.82 Å². The maximum absolute atomic E-state index is 13.2. The monoisotopic (exact) mass is 448 g/mol. The lowest BCUT2D eigenvalue weighted by atomic mass is 10.3. The lowest BCUT2D eigenvalue weighted by Gasteiger charge is -2.05. The number of halogens is 2. The van der Waals surface area contributed by atoms with Gasteiger partial charge in [-0.3, -0.25) is 10.7 Å². The number of amidine groups is 1. The van der Waals surface area contributed by atoms with Gasteiger partial charge in [0.1, 0.15) is 5.82 Å². The van der Waals surface area contributed by atoms with Gasteiger partial charge in [-0.2, -0.15) is 11.8 Å². The zero-order chi connectivity index (χ0) is 19.4. The van der Waals surface area contributed by atoms with Crippen LogP contribution >= 0.6 is 27.7 Å². The van der Waals surface area contributed by atoms with Crippen LogP contribution in [0.15, 0.2) is 32.3 Å². The van der Waals surface area contributed by atoms with Crippen molar-refractivity contribution in [2.45, 2.75) is 13.3 Å². The summed E-state index contributed by atoms with van der Waals surface area (Å²) in [7, 11) is 0. The highest BCUT2D eigenvalue weighted by atomic mass is 79.9. The molecule has 0 amide bonds. The molecule has 2 aromatic rings. The van der Waals surface area contributed by atoms with E-state index in [2.05, 4.69) is 48.1 Å². The highest BCUT2D eigenvalue weighted by molar-refractivity contribution is 9.10. The predicted molar refractivity (Wildman–Crippen MR) is 106 cm³/mol. The zero-order valence-electron chi connectivity index (χ0n) is 14.5. The second kappa shape index (κ2) is 12.6. The fraction of sp³-hybridized carbons (Fsp3) is 0.400. The molecule has 0 aliphatic rings. The van der Waals surface area contributed by atoms with Crippen molar-refractivity contribution >= 4 is 45.0 Å². The lowest BCUT2D eigenvalue weighted by molar-refractivity contribution is 0.234. The number of benzene rings is 1. The molecule has 0 saturated heterocycles. The Morgan fingerprint density at radius 3 is 2.77 bits per heavy atom. The molecule has 1 aromatic carbocycles. The number of aromatic nitrogens is 2. The molecule has 2 rings (SSSR count). The summed E-state index contributed by atoms with van der Waals surface area (Å²) in [6, 6.07) is 4.20. The topological polar surface area (TPSA) is 122 Å². The maximum Gasteiger partial charge on any atom is 0.202 e. The van der Waals surface area contributed by atoms with E-state index in [4.69, 9.17) is 5.73 Å². The number of hydrogen-bond acceptors (Lipinski definition) is 8. The van der Waals surface area contributed by atoms with Gasteiger partial charge < -0.3 is 11.1 Å². The summed E-state index contributed by atoms with van der Waals surface area (Å²) < 4.78 is 18.2. The Morgan fingerprint density at radius 2 is 2.19 bits per heavy atom. The van der Waals surface area contributed by atoms with Gasteiger partial charge in [0.25, 0.3) is 0 Å². The van der Waals surface area contributed by atoms with Crippen molar-refractivity contribution < 1.29 is 14.2 Å². The Kier molecular flexibility index (Phi) is 10.9. The summed E-state index contributed by atoms with van der Waals surface area (Å²) >= 11 is 4.75. The van der Waals surface area contributed by atoms with Gasteiger partial charge in [-0.15, -0.1) is 0 Å². The molecule has 1 aromatic heterocycles. The number of hydrogen-bond donors (Lipinski definition) is 4. The molecule has 0 atom stereocenters. The number of rotatable bonds is 7. The van der Waals surface area contributed by atoms with E-state index in [1.165, 1.54) is 18.2 Å². The quantitative estimate of drug-likeness (QED) is 0.220. The van der Waals surface area contributed by atoms with Crippen LogP contribution in [-0.2, 0) is 0 Å². The van der Waals surface area contributed by atoms with E-state index in [-0.39, 0.29) is 16.0 Å². The molecule has 0 unspecified atom stereocenters. The molecule has 1 heterocycles. The van der Waals surface area contributed by atoms with Crippen LogP contribution < -0.4 is 16.5 Å². The van der Waals surface area contributed by atoms with E-state index in [9.17, 15) is 9.60 Å². The normalized spacial score (nSPS) is 10.9. The van der Waals surface area contributed by atoms with Crippen LogP contribution in [0.2, 0.25) is 0 Å². The molecule has 0 aliphatic heterocycles. The fourth-order valence-electron chi connectivity index (χ4n) is 1.55. The van der Waals surface area contributed by atoms with Crippen molar-refractivity contribution in [2.75, 3.05) is 30.4 Å². The van der Waals surface area contributed by atoms with Crippen molar-refractivity contribution in [3.63, 3.8) is 0 Å². The summed E-state index contributed by atoms with van der Waals surface area (Å²) in [6.45, 7) is 3.53. The molecule has 0 radical (unpaired) electrons. The van der Waals surface area contributed by atoms with Gasteiger partial charge in [0, 0.05) is 12.3 Å². The van der Waals surface area contributed by atoms with E-state index in [0.717, 1.165) is 18.7 Å². The molecule has 26 heavy (non-hydrogen) atoms. The Hall–Kier alpha value is -1.69. The molecule has 8 nitrogen and oxygen atoms in total. The number of aliphatic imine (C=N–C) groups is 1. The van der Waals surface area contributed by atoms with E-state index >= 15 is 0 Å². The number of nitrogens with one attached hydrogen (secondary N) is 2. The van der Waals surface area contributed by atoms with Crippen molar-refractivity contribution in [1.29, 1.82) is 0 Å². The molecule has 0 spiro atoms. The van der Waals surface area contributed by atoms with Crippen LogP contribution in [0.25, 0.3) is 0 Å². The Balaban J connectivity index is 0.000000765. The third-order valence-corrected chi connectivity index (χ3v) is 4.07. The third kappa shape index (κ3) is 7.28. The summed E-state index contributed by atoms with van der Waals surface area (Å²) in [5.74, 6) is 0.859. The Morgan fingerprint density at radius 1 is 1.46 bits per heavy atom. The van der Waals surface area contributed by atoms with Crippen molar-refractivity contribution in [2.24, 2.45) is 10.7 Å². The first kappa shape index (κ1) is 22.4. The molecule has 0 bridgehead atoms. The summed E-state index contributed by atoms with van der Waals surface area (Å²) in [6.07, 6.45) is 3.08. The van der Waals surface area contributed by atoms with E-state index in [1.807, 2.05) is 11.7 Å². The smallest absolute Gasteiger partial charge is 0.202 e. The van der Waals surface area contributed by atoms with Gasteiger partial charge in [-0.25, -0.2) is 14.0 Å². The van der Waals surface area contributed by atoms with Gasteiger partial charge in [-0.05, 0) is 63.7 Å². The molecule has 0 aliphatic carbocycles. The largest absolute Gasteiger partial charge is 0.364 e. The fourth-order valence-corrected chi connectivity index (χ4v) is 2.22. The van der Waals surface area contributed by atoms with Crippen molar-refractivity contribution in [3.05, 3.63) is 34.2 Å². The molecule has 144 valence electrons. The second-order valence-corrected chi connectivity index (χ2v) is 6.68. The van der Waals surface area contributed by atoms with Crippen LogP contribution in [0.4, 0.5) is 15.9 Å². The first-order valence-electron chi connectivity index (χ1n) is 7.77. The Labute approximate surface area is 163 Å². The van der Waals surface area contributed by atoms with Gasteiger partial charge in [0.05, 0.1) is 10.2 Å². The third-order valence-electron chi connectivity index (χ3n) is 2.85. The Bertz CT molecular complexity index is 699. The van der Waals surface area contributed by atoms with Crippen LogP contribution in [0.5, 0.6) is 0 Å². The van der Waals surface area contributed by atoms with E-state index < -0.39 is 5.82 Å². The highest BCUT2D eigenvalue weighted by Gasteiger charge is 2.16. The first-order chi connectivity index (χ1) is 12.6. The average Bonchev–Trinajstić information content (AvgIpc) is 3.11. The van der Waals surface area contributed by atoms with Gasteiger partial charge in [0.15, 0.2) is 11.5 Å². The molecule has 11 heteroatoms. The summed E-state index contributed by atoms with van der Waals surface area (Å²) in [4.78, 5) is 4.16. The van der Waals surface area contributed by atoms with E-state index in [0.29, 0.717) is 18.1 Å². The summed E-state index contributed by atoms with van der Waals surface area (Å²) in [5, 5.41) is 19.7. The zero-order valence-corrected chi connectivity index (χ0v) is 16.9. The minimum atomic E-state index is -0.403. The van der Waals surface area contributed by atoms with Gasteiger partial charge >= 0.3 is 0 Å². The van der Waals surface area contributed by atoms with Gasteiger partial charge in [-0.1, -0.05) is 6.92 Å². The maximum atomic E-state index is 13.2. The van der Waals surface area contributed by atoms with Crippen LogP contribution in [0.3, 0.4) is 0 Å². The average molecular weight is 449 g/mol. The van der Waals surface area contributed by atoms with E-state index in [1.54, 1.807) is 11.8 Å². The number of thioether (sulfide) groups is 1. The predicted octanol–water partition coefficient (Wildman–Crippen LogP) is 3.16. The summed E-state index contributed by atoms with van der Waals surface area (Å²) in [5.41, 5.74) is 7.62. The lowest BCUT2D eigenvalue weighted by Crippen LogP contribution is -2.22. The number of hydroxylamine groups is 1. The molecule has 0 fully saturated rings. The number of nitrogens with two attached hydrogens (primary N) is 1. The van der Waals surface area contributed by atoms with Crippen molar-refractivity contribution in [3.8, 4) is 0 Å². The van der Waals surface area contributed by atoms with Crippen LogP contribution in [0, 0.1) is 5.82 Å². The molecule has 5 N–H and O–H groups in total. The SMILES string of the molecule is CCCN.CSCCNc1nonc1C(=Nc1ccc(F)c(Br)c1)NO. The number of nitrogens with zero attached hydrogens (tertiary/aromatic N) is 3. The first-order valence-corrected chi connectivity index (χ1v) is 9.95. The minimum Gasteiger partial charge on any atom is -0.364 e. The number of anilines is 1. The van der Waals surface area contributed by atoms with Crippen molar-refractivity contribution in [1.82, 2.24) is 15.8 Å². The van der Waals surface area contributed by atoms with Crippen LogP contribution in [0.1, 0.15) is 19.0 Å². The molecular formula is C15H22BrFN6O2S. The highest BCUT2D eigenvalue weighted by Crippen LogP contribution is 2.23. The molecular weight excluding hydrogens is 427 g/mol. The second-order valence-electron chi connectivity index (χ2n) is 4.84.